The molecule has 0 saturated carbocycles. The number of rotatable bonds is 3. The van der Waals surface area contributed by atoms with Gasteiger partial charge < -0.3 is 15.1 Å². The van der Waals surface area contributed by atoms with E-state index in [0.29, 0.717) is 30.1 Å². The first-order valence-corrected chi connectivity index (χ1v) is 8.53. The van der Waals surface area contributed by atoms with Crippen LogP contribution < -0.4 is 5.73 Å². The molecule has 0 bridgehead atoms. The first-order chi connectivity index (χ1) is 12.1. The molecule has 1 aliphatic heterocycles. The summed E-state index contributed by atoms with van der Waals surface area (Å²) in [5.41, 5.74) is 8.02. The molecule has 2 aromatic heterocycles. The first kappa shape index (κ1) is 21.2. The van der Waals surface area contributed by atoms with Gasteiger partial charge in [-0.05, 0) is 42.6 Å². The number of benzene rings is 1. The smallest absolute Gasteiger partial charge is 0.254 e. The number of pyridine rings is 1. The molecule has 1 atom stereocenters. The molecule has 27 heavy (non-hydrogen) atoms. The van der Waals surface area contributed by atoms with Gasteiger partial charge in [0, 0.05) is 18.5 Å². The van der Waals surface area contributed by atoms with Crippen LogP contribution in [-0.2, 0) is 0 Å². The lowest BCUT2D eigenvalue weighted by Crippen LogP contribution is -2.34. The van der Waals surface area contributed by atoms with Crippen LogP contribution >= 0.6 is 24.8 Å². The molecule has 2 N–H and O–H groups in total. The number of nitrogens with two attached hydrogens (primary N) is 1. The molecule has 144 valence electrons. The zero-order chi connectivity index (χ0) is 17.4. The summed E-state index contributed by atoms with van der Waals surface area (Å²) in [4.78, 5) is 19.8. The SMILES string of the molecule is CC1(CN)CCN(C(=O)c2cc(-c3ccco3)nc3ccccc23)C1.Cl.Cl. The minimum absolute atomic E-state index is 0. The molecule has 3 heterocycles. The predicted molar refractivity (Wildman–Crippen MR) is 112 cm³/mol. The van der Waals surface area contributed by atoms with Crippen LogP contribution in [0.4, 0.5) is 0 Å². The van der Waals surface area contributed by atoms with E-state index in [1.807, 2.05) is 47.4 Å². The highest BCUT2D eigenvalue weighted by atomic mass is 35.5. The molecular formula is C20H23Cl2N3O2. The Labute approximate surface area is 170 Å². The summed E-state index contributed by atoms with van der Waals surface area (Å²) in [6, 6.07) is 13.2. The van der Waals surface area contributed by atoms with Crippen molar-refractivity contribution in [2.24, 2.45) is 11.1 Å². The van der Waals surface area contributed by atoms with Crippen LogP contribution in [0.2, 0.25) is 0 Å². The van der Waals surface area contributed by atoms with Crippen LogP contribution in [0.5, 0.6) is 0 Å². The van der Waals surface area contributed by atoms with E-state index in [1.54, 1.807) is 6.26 Å². The summed E-state index contributed by atoms with van der Waals surface area (Å²) < 4.78 is 5.48. The second-order valence-electron chi connectivity index (χ2n) is 7.04. The Morgan fingerprint density at radius 3 is 2.70 bits per heavy atom. The number of carbonyl (C=O) groups excluding carboxylic acids is 1. The minimum atomic E-state index is 0. The lowest BCUT2D eigenvalue weighted by Gasteiger charge is -2.23. The zero-order valence-corrected chi connectivity index (χ0v) is 16.7. The summed E-state index contributed by atoms with van der Waals surface area (Å²) in [6.07, 6.45) is 2.55. The van der Waals surface area contributed by atoms with E-state index in [2.05, 4.69) is 11.9 Å². The average Bonchev–Trinajstić information content (AvgIpc) is 3.31. The molecule has 3 aromatic rings. The van der Waals surface area contributed by atoms with Gasteiger partial charge in [0.25, 0.3) is 5.91 Å². The van der Waals surface area contributed by atoms with Gasteiger partial charge in [0.1, 0.15) is 5.69 Å². The lowest BCUT2D eigenvalue weighted by molar-refractivity contribution is 0.0779. The Morgan fingerprint density at radius 1 is 1.26 bits per heavy atom. The maximum absolute atomic E-state index is 13.2. The monoisotopic (exact) mass is 407 g/mol. The van der Waals surface area contributed by atoms with Gasteiger partial charge in [0.05, 0.1) is 17.3 Å². The van der Waals surface area contributed by atoms with Gasteiger partial charge in [0.15, 0.2) is 5.76 Å². The highest BCUT2D eigenvalue weighted by Gasteiger charge is 2.35. The lowest BCUT2D eigenvalue weighted by atomic mass is 9.90. The van der Waals surface area contributed by atoms with E-state index in [0.717, 1.165) is 23.9 Å². The topological polar surface area (TPSA) is 72.4 Å². The standard InChI is InChI=1S/C20H21N3O2.2ClH/c1-20(12-21)8-9-23(13-20)19(24)15-11-17(18-7-4-10-25-18)22-16-6-3-2-5-14(15)16;;/h2-7,10-11H,8-9,12-13,21H2,1H3;2*1H. The predicted octanol–water partition coefficient (Wildman–Crippen LogP) is 4.15. The largest absolute Gasteiger partial charge is 0.463 e. The number of carbonyl (C=O) groups is 1. The number of aromatic nitrogens is 1. The Kier molecular flexibility index (Phi) is 6.52. The van der Waals surface area contributed by atoms with E-state index in [4.69, 9.17) is 10.2 Å². The molecule has 1 aliphatic rings. The van der Waals surface area contributed by atoms with Crippen molar-refractivity contribution in [3.05, 3.63) is 54.3 Å². The number of hydrogen-bond acceptors (Lipinski definition) is 4. The molecule has 1 amide bonds. The number of hydrogen-bond donors (Lipinski definition) is 1. The van der Waals surface area contributed by atoms with E-state index >= 15 is 0 Å². The number of likely N-dealkylation sites (tertiary alicyclic amines) is 1. The van der Waals surface area contributed by atoms with Gasteiger partial charge in [-0.25, -0.2) is 4.98 Å². The van der Waals surface area contributed by atoms with Crippen LogP contribution in [-0.4, -0.2) is 35.4 Å². The third kappa shape index (κ3) is 3.95. The molecule has 0 radical (unpaired) electrons. The molecule has 0 aliphatic carbocycles. The number of halogens is 2. The molecule has 1 fully saturated rings. The van der Waals surface area contributed by atoms with E-state index in [9.17, 15) is 4.79 Å². The van der Waals surface area contributed by atoms with Crippen LogP contribution in [0.15, 0.2) is 53.1 Å². The summed E-state index contributed by atoms with van der Waals surface area (Å²) in [6.45, 7) is 4.15. The van der Waals surface area contributed by atoms with Crippen LogP contribution in [0, 0.1) is 5.41 Å². The van der Waals surface area contributed by atoms with Gasteiger partial charge in [-0.15, -0.1) is 24.8 Å². The van der Waals surface area contributed by atoms with Crippen LogP contribution in [0.3, 0.4) is 0 Å². The van der Waals surface area contributed by atoms with Crippen molar-refractivity contribution in [1.29, 1.82) is 0 Å². The van der Waals surface area contributed by atoms with Crippen molar-refractivity contribution in [3.8, 4) is 11.5 Å². The van der Waals surface area contributed by atoms with E-state index in [1.165, 1.54) is 0 Å². The molecule has 1 saturated heterocycles. The Balaban J connectivity index is 0.00000131. The van der Waals surface area contributed by atoms with Crippen molar-refractivity contribution < 1.29 is 9.21 Å². The average molecular weight is 408 g/mol. The van der Waals surface area contributed by atoms with Gasteiger partial charge in [-0.3, -0.25) is 4.79 Å². The maximum Gasteiger partial charge on any atom is 0.254 e. The molecule has 0 spiro atoms. The number of furan rings is 1. The maximum atomic E-state index is 13.2. The fraction of sp³-hybridized carbons (Fsp3) is 0.300. The second kappa shape index (κ2) is 8.30. The fourth-order valence-electron chi connectivity index (χ4n) is 3.44. The third-order valence-corrected chi connectivity index (χ3v) is 5.06. The van der Waals surface area contributed by atoms with Crippen LogP contribution in [0.25, 0.3) is 22.4 Å². The highest BCUT2D eigenvalue weighted by molar-refractivity contribution is 6.07. The quantitative estimate of drug-likeness (QED) is 0.707. The van der Waals surface area contributed by atoms with Crippen molar-refractivity contribution >= 4 is 41.6 Å². The zero-order valence-electron chi connectivity index (χ0n) is 15.1. The normalized spacial score (nSPS) is 18.8. The Hall–Kier alpha value is -2.08. The summed E-state index contributed by atoms with van der Waals surface area (Å²) in [5, 5.41) is 0.865. The van der Waals surface area contributed by atoms with Crippen LogP contribution in [0.1, 0.15) is 23.7 Å². The van der Waals surface area contributed by atoms with E-state index < -0.39 is 0 Å². The van der Waals surface area contributed by atoms with E-state index in [-0.39, 0.29) is 36.1 Å². The van der Waals surface area contributed by atoms with Crippen molar-refractivity contribution in [1.82, 2.24) is 9.88 Å². The van der Waals surface area contributed by atoms with Gasteiger partial charge in [0.2, 0.25) is 0 Å². The second-order valence-corrected chi connectivity index (χ2v) is 7.04. The fourth-order valence-corrected chi connectivity index (χ4v) is 3.44. The Morgan fingerprint density at radius 2 is 2.04 bits per heavy atom. The number of fused-ring (bicyclic) bond motifs is 1. The van der Waals surface area contributed by atoms with Gasteiger partial charge in [-0.1, -0.05) is 25.1 Å². The van der Waals surface area contributed by atoms with Crippen molar-refractivity contribution in [3.63, 3.8) is 0 Å². The highest BCUT2D eigenvalue weighted by Crippen LogP contribution is 2.32. The van der Waals surface area contributed by atoms with Crippen molar-refractivity contribution in [2.45, 2.75) is 13.3 Å². The van der Waals surface area contributed by atoms with Gasteiger partial charge >= 0.3 is 0 Å². The third-order valence-electron chi connectivity index (χ3n) is 5.06. The summed E-state index contributed by atoms with van der Waals surface area (Å²) >= 11 is 0. The molecule has 7 heteroatoms. The number of amides is 1. The minimum Gasteiger partial charge on any atom is -0.463 e. The molecule has 1 aromatic carbocycles. The molecule has 1 unspecified atom stereocenters. The number of nitrogens with zero attached hydrogens (tertiary/aromatic N) is 2. The Bertz CT molecular complexity index is 930. The summed E-state index contributed by atoms with van der Waals surface area (Å²) in [7, 11) is 0. The van der Waals surface area contributed by atoms with Gasteiger partial charge in [-0.2, -0.15) is 0 Å². The van der Waals surface area contributed by atoms with Crippen molar-refractivity contribution in [2.75, 3.05) is 19.6 Å². The molecule has 4 rings (SSSR count). The first-order valence-electron chi connectivity index (χ1n) is 8.53. The molecule has 5 nitrogen and oxygen atoms in total. The molecular weight excluding hydrogens is 385 g/mol. The summed E-state index contributed by atoms with van der Waals surface area (Å²) in [5.74, 6) is 0.691. The number of para-hydroxylation sites is 1.